The van der Waals surface area contributed by atoms with E-state index in [1.807, 2.05) is 0 Å². The number of halogens is 1. The summed E-state index contributed by atoms with van der Waals surface area (Å²) in [6.07, 6.45) is -1.58. The van der Waals surface area contributed by atoms with Crippen LogP contribution >= 0.6 is 0 Å². The summed E-state index contributed by atoms with van der Waals surface area (Å²) >= 11 is 0. The second kappa shape index (κ2) is 2.65. The Kier molecular flexibility index (Phi) is 1.84. The molecule has 0 aromatic rings. The molecule has 3 N–H and O–H groups in total. The molecular formula is C5H6FN3O2. The minimum absolute atomic E-state index is 0.261. The topological polar surface area (TPSA) is 88.0 Å². The number of carbonyl (C=O) groups excluding carboxylic acids is 1. The van der Waals surface area contributed by atoms with E-state index < -0.39 is 23.8 Å². The number of aliphatic imine (C=N–C) groups is 2. The fraction of sp³-hybridized carbons (Fsp3) is 0.400. The highest BCUT2D eigenvalue weighted by atomic mass is 19.1. The number of hydrogen-bond donors (Lipinski definition) is 2. The Morgan fingerprint density at radius 1 is 1.82 bits per heavy atom. The van der Waals surface area contributed by atoms with E-state index in [-0.39, 0.29) is 6.54 Å². The van der Waals surface area contributed by atoms with Crippen LogP contribution in [0.2, 0.25) is 0 Å². The number of nitrogens with zero attached hydrogens (tertiary/aromatic N) is 2. The zero-order valence-corrected chi connectivity index (χ0v) is 5.49. The Hall–Kier alpha value is -1.46. The van der Waals surface area contributed by atoms with Gasteiger partial charge in [0, 0.05) is 0 Å². The molecule has 0 saturated carbocycles. The fourth-order valence-electron chi connectivity index (χ4n) is 0.649. The number of aliphatic hydroxyl groups excluding tert-OH is 1. The van der Waals surface area contributed by atoms with Crippen LogP contribution in [0.4, 0.5) is 4.39 Å². The Labute approximate surface area is 61.4 Å². The van der Waals surface area contributed by atoms with E-state index >= 15 is 0 Å². The van der Waals surface area contributed by atoms with Crippen LogP contribution in [0.25, 0.3) is 0 Å². The summed E-state index contributed by atoms with van der Waals surface area (Å²) in [4.78, 5) is 16.8. The number of hydrogen-bond acceptors (Lipinski definition) is 3. The van der Waals surface area contributed by atoms with E-state index in [1.165, 1.54) is 0 Å². The fourth-order valence-corrected chi connectivity index (χ4v) is 0.649. The lowest BCUT2D eigenvalue weighted by atomic mass is 10.3. The summed E-state index contributed by atoms with van der Waals surface area (Å²) in [7, 11) is 0. The van der Waals surface area contributed by atoms with Crippen LogP contribution in [0.1, 0.15) is 0 Å². The van der Waals surface area contributed by atoms with Crippen LogP contribution in [-0.2, 0) is 4.79 Å². The largest absolute Gasteiger partial charge is 0.492 e. The maximum Gasteiger partial charge on any atom is 0.272 e. The van der Waals surface area contributed by atoms with E-state index in [0.29, 0.717) is 0 Å². The molecule has 0 saturated heterocycles. The summed E-state index contributed by atoms with van der Waals surface area (Å²) in [6.45, 7) is -0.261. The van der Waals surface area contributed by atoms with Crippen molar-refractivity contribution in [3.8, 4) is 0 Å². The summed E-state index contributed by atoms with van der Waals surface area (Å²) in [6, 6.07) is 0. The van der Waals surface area contributed by atoms with Gasteiger partial charge in [0.15, 0.2) is 5.71 Å². The van der Waals surface area contributed by atoms with Crippen LogP contribution in [0, 0.1) is 0 Å². The van der Waals surface area contributed by atoms with Gasteiger partial charge in [-0.3, -0.25) is 4.79 Å². The van der Waals surface area contributed by atoms with Gasteiger partial charge < -0.3 is 10.8 Å². The zero-order chi connectivity index (χ0) is 8.43. The first kappa shape index (κ1) is 7.64. The normalized spacial score (nSPS) is 23.9. The Morgan fingerprint density at radius 3 is 2.91 bits per heavy atom. The van der Waals surface area contributed by atoms with Crippen molar-refractivity contribution in [2.24, 2.45) is 15.7 Å². The highest BCUT2D eigenvalue weighted by Gasteiger charge is 2.21. The van der Waals surface area contributed by atoms with Gasteiger partial charge in [0.1, 0.15) is 0 Å². The predicted molar refractivity (Wildman–Crippen MR) is 36.5 cm³/mol. The molecule has 0 spiro atoms. The molecule has 1 aliphatic heterocycles. The Balaban J connectivity index is 2.90. The van der Waals surface area contributed by atoms with Crippen molar-refractivity contribution >= 4 is 17.5 Å². The van der Waals surface area contributed by atoms with E-state index in [2.05, 4.69) is 9.98 Å². The molecule has 1 rings (SSSR count). The first-order chi connectivity index (χ1) is 5.11. The number of amides is 1. The highest BCUT2D eigenvalue weighted by Crippen LogP contribution is 2.01. The van der Waals surface area contributed by atoms with Gasteiger partial charge in [-0.25, -0.2) is 14.4 Å². The van der Waals surface area contributed by atoms with Crippen molar-refractivity contribution in [3.05, 3.63) is 0 Å². The number of primary amides is 1. The maximum atomic E-state index is 12.4. The number of carbonyl (C=O) groups is 1. The van der Waals surface area contributed by atoms with Crippen molar-refractivity contribution in [2.45, 2.75) is 6.30 Å². The molecular weight excluding hydrogens is 153 g/mol. The number of alkyl halides is 1. The molecule has 0 aliphatic carbocycles. The van der Waals surface area contributed by atoms with Crippen molar-refractivity contribution in [1.29, 1.82) is 0 Å². The molecule has 6 heteroatoms. The van der Waals surface area contributed by atoms with Crippen LogP contribution in [0.15, 0.2) is 9.98 Å². The minimum Gasteiger partial charge on any atom is -0.492 e. The maximum absolute atomic E-state index is 12.4. The molecule has 1 unspecified atom stereocenters. The Morgan fingerprint density at radius 2 is 2.45 bits per heavy atom. The molecule has 60 valence electrons. The molecule has 5 nitrogen and oxygen atoms in total. The molecule has 0 bridgehead atoms. The SMILES string of the molecule is NC(=O)C1=NC(F)CN=C1O. The smallest absolute Gasteiger partial charge is 0.272 e. The van der Waals surface area contributed by atoms with Crippen LogP contribution < -0.4 is 5.73 Å². The van der Waals surface area contributed by atoms with Crippen molar-refractivity contribution < 1.29 is 14.3 Å². The summed E-state index contributed by atoms with van der Waals surface area (Å²) in [5.41, 5.74) is 4.25. The average Bonchev–Trinajstić information content (AvgIpc) is 1.94. The number of nitrogens with two attached hydrogens (primary N) is 1. The molecule has 0 radical (unpaired) electrons. The molecule has 1 aliphatic rings. The third kappa shape index (κ3) is 1.51. The standard InChI is InChI=1S/C5H6FN3O2/c6-2-1-8-5(11)3(9-2)4(7)10/h2H,1H2,(H2,7,10)(H,8,11). The second-order valence-corrected chi connectivity index (χ2v) is 1.94. The summed E-state index contributed by atoms with van der Waals surface area (Å²) in [5.74, 6) is -1.57. The van der Waals surface area contributed by atoms with Crippen LogP contribution in [0.3, 0.4) is 0 Å². The molecule has 1 atom stereocenters. The lowest BCUT2D eigenvalue weighted by Crippen LogP contribution is -2.34. The number of rotatable bonds is 1. The van der Waals surface area contributed by atoms with Gasteiger partial charge in [-0.2, -0.15) is 0 Å². The first-order valence-electron chi connectivity index (χ1n) is 2.86. The molecule has 11 heavy (non-hydrogen) atoms. The van der Waals surface area contributed by atoms with Crippen molar-refractivity contribution in [2.75, 3.05) is 6.54 Å². The van der Waals surface area contributed by atoms with Gasteiger partial charge in [0.2, 0.25) is 12.2 Å². The van der Waals surface area contributed by atoms with E-state index in [4.69, 9.17) is 10.8 Å². The predicted octanol–water partition coefficient (Wildman–Crippen LogP) is -0.822. The van der Waals surface area contributed by atoms with Gasteiger partial charge in [0.25, 0.3) is 5.91 Å². The monoisotopic (exact) mass is 159 g/mol. The minimum atomic E-state index is -1.58. The lowest BCUT2D eigenvalue weighted by molar-refractivity contribution is -0.111. The third-order valence-electron chi connectivity index (χ3n) is 1.11. The summed E-state index contributed by atoms with van der Waals surface area (Å²) in [5, 5.41) is 8.81. The Bertz CT molecular complexity index is 248. The van der Waals surface area contributed by atoms with Crippen molar-refractivity contribution in [3.63, 3.8) is 0 Å². The summed E-state index contributed by atoms with van der Waals surface area (Å²) < 4.78 is 12.4. The molecule has 1 amide bonds. The van der Waals surface area contributed by atoms with Gasteiger partial charge in [0.05, 0.1) is 6.54 Å². The van der Waals surface area contributed by atoms with E-state index in [0.717, 1.165) is 0 Å². The van der Waals surface area contributed by atoms with Gasteiger partial charge >= 0.3 is 0 Å². The lowest BCUT2D eigenvalue weighted by Gasteiger charge is -2.08. The van der Waals surface area contributed by atoms with Crippen LogP contribution in [0.5, 0.6) is 0 Å². The highest BCUT2D eigenvalue weighted by molar-refractivity contribution is 6.64. The average molecular weight is 159 g/mol. The van der Waals surface area contributed by atoms with E-state index in [1.54, 1.807) is 0 Å². The second-order valence-electron chi connectivity index (χ2n) is 1.94. The molecule has 1 heterocycles. The molecule has 0 fully saturated rings. The first-order valence-corrected chi connectivity index (χ1v) is 2.86. The number of aliphatic hydroxyl groups is 1. The van der Waals surface area contributed by atoms with Gasteiger partial charge in [-0.05, 0) is 0 Å². The van der Waals surface area contributed by atoms with E-state index in [9.17, 15) is 9.18 Å². The zero-order valence-electron chi connectivity index (χ0n) is 5.49. The van der Waals surface area contributed by atoms with Gasteiger partial charge in [-0.1, -0.05) is 0 Å². The third-order valence-corrected chi connectivity index (χ3v) is 1.11. The molecule has 0 aromatic carbocycles. The van der Waals surface area contributed by atoms with Gasteiger partial charge in [-0.15, -0.1) is 0 Å². The quantitative estimate of drug-likeness (QED) is 0.489. The van der Waals surface area contributed by atoms with Crippen molar-refractivity contribution in [1.82, 2.24) is 0 Å². The van der Waals surface area contributed by atoms with Crippen LogP contribution in [-0.4, -0.2) is 35.5 Å². The molecule has 0 aromatic heterocycles.